The van der Waals surface area contributed by atoms with Crippen LogP contribution in [0.2, 0.25) is 0 Å². The first kappa shape index (κ1) is 102. The lowest BCUT2D eigenvalue weighted by Gasteiger charge is -2.21. The van der Waals surface area contributed by atoms with Crippen molar-refractivity contribution >= 4 is 39.5 Å². The van der Waals surface area contributed by atoms with Gasteiger partial charge in [0.25, 0.3) is 0 Å². The third-order valence-electron chi connectivity index (χ3n) is 20.0. The number of carbonyl (C=O) groups excluding carboxylic acids is 4. The van der Waals surface area contributed by atoms with E-state index in [0.29, 0.717) is 25.7 Å². The number of aliphatic hydroxyl groups is 1. The molecule has 0 rings (SSSR count). The minimum atomic E-state index is -4.97. The van der Waals surface area contributed by atoms with Gasteiger partial charge in [-0.15, -0.1) is 0 Å². The van der Waals surface area contributed by atoms with E-state index in [4.69, 9.17) is 37.0 Å². The van der Waals surface area contributed by atoms with Crippen molar-refractivity contribution < 1.29 is 80.2 Å². The van der Waals surface area contributed by atoms with Gasteiger partial charge in [0.05, 0.1) is 26.4 Å². The Morgan fingerprint density at radius 3 is 0.654 bits per heavy atom. The fourth-order valence-corrected chi connectivity index (χ4v) is 14.8. The van der Waals surface area contributed by atoms with Crippen LogP contribution in [0.25, 0.3) is 0 Å². The molecule has 0 aromatic carbocycles. The average Bonchev–Trinajstić information content (AvgIpc) is 0.906. The number of phosphoric acid groups is 2. The molecule has 0 radical (unpaired) electrons. The first-order valence-electron chi connectivity index (χ1n) is 44.0. The monoisotopic (exact) mass is 1520 g/mol. The predicted octanol–water partition coefficient (Wildman–Crippen LogP) is 25.8. The smallest absolute Gasteiger partial charge is 0.462 e. The zero-order valence-electron chi connectivity index (χ0n) is 68.3. The standard InChI is InChI=1S/C85H166O17P2/c1-7-9-11-13-15-17-19-21-22-23-27-30-33-37-44-50-56-62-68-83(88)96-73-80(101-84(89)69-63-57-51-45-38-34-31-28-25-24-26-29-32-35-41-47-53-59-65-77(3)4)75-99-103(91,92)97-71-79(86)72-98-104(93,94)100-76-81(74-95-82(87)67-61-55-49-43-36-20-18-16-14-12-10-8-2)102-85(90)70-64-58-52-46-40-39-42-48-54-60-66-78(5)6/h77-81,86H,7-76H2,1-6H3,(H,91,92)(H,93,94)/t79-,80-,81-/m1/s1. The van der Waals surface area contributed by atoms with Crippen LogP contribution in [0.3, 0.4) is 0 Å². The number of rotatable bonds is 84. The van der Waals surface area contributed by atoms with Crippen LogP contribution in [0.1, 0.15) is 452 Å². The van der Waals surface area contributed by atoms with Gasteiger partial charge < -0.3 is 33.8 Å². The van der Waals surface area contributed by atoms with E-state index in [1.807, 2.05) is 0 Å². The fraction of sp³-hybridized carbons (Fsp3) is 0.953. The van der Waals surface area contributed by atoms with Gasteiger partial charge in [0.2, 0.25) is 0 Å². The van der Waals surface area contributed by atoms with Gasteiger partial charge in [0, 0.05) is 25.7 Å². The Kier molecular flexibility index (Phi) is 75.0. The summed E-state index contributed by atoms with van der Waals surface area (Å²) in [5, 5.41) is 10.7. The lowest BCUT2D eigenvalue weighted by atomic mass is 10.0. The van der Waals surface area contributed by atoms with E-state index in [0.717, 1.165) is 102 Å². The Morgan fingerprint density at radius 2 is 0.442 bits per heavy atom. The summed E-state index contributed by atoms with van der Waals surface area (Å²) in [5.41, 5.74) is 0. The maximum absolute atomic E-state index is 13.1. The summed E-state index contributed by atoms with van der Waals surface area (Å²) in [6, 6.07) is 0. The van der Waals surface area contributed by atoms with Gasteiger partial charge in [-0.1, -0.05) is 401 Å². The molecule has 3 N–H and O–H groups in total. The Balaban J connectivity index is 5.24. The zero-order chi connectivity index (χ0) is 76.4. The molecular formula is C85H166O17P2. The topological polar surface area (TPSA) is 237 Å². The molecule has 0 amide bonds. The highest BCUT2D eigenvalue weighted by Gasteiger charge is 2.30. The Hall–Kier alpha value is -1.94. The molecule has 19 heteroatoms. The van der Waals surface area contributed by atoms with Crippen molar-refractivity contribution in [2.75, 3.05) is 39.6 Å². The quantitative estimate of drug-likeness (QED) is 0.0222. The summed E-state index contributed by atoms with van der Waals surface area (Å²) >= 11 is 0. The molecule has 0 aromatic heterocycles. The molecule has 0 heterocycles. The molecule has 0 spiro atoms. The summed E-state index contributed by atoms with van der Waals surface area (Å²) in [4.78, 5) is 73.2. The molecule has 0 saturated carbocycles. The second-order valence-corrected chi connectivity index (χ2v) is 34.4. The normalized spacial score (nSPS) is 13.8. The average molecular weight is 1520 g/mol. The molecule has 2 unspecified atom stereocenters. The number of phosphoric ester groups is 2. The number of carbonyl (C=O) groups is 4. The number of esters is 4. The van der Waals surface area contributed by atoms with Crippen LogP contribution in [0.5, 0.6) is 0 Å². The van der Waals surface area contributed by atoms with Crippen LogP contribution in [-0.2, 0) is 65.4 Å². The second kappa shape index (κ2) is 76.4. The molecule has 0 aliphatic heterocycles. The van der Waals surface area contributed by atoms with E-state index in [1.165, 1.54) is 270 Å². The summed E-state index contributed by atoms with van der Waals surface area (Å²) in [7, 11) is -9.93. The molecule has 0 aliphatic carbocycles. The van der Waals surface area contributed by atoms with Gasteiger partial charge >= 0.3 is 39.5 Å². The number of hydrogen-bond acceptors (Lipinski definition) is 15. The van der Waals surface area contributed by atoms with Crippen molar-refractivity contribution in [1.29, 1.82) is 0 Å². The van der Waals surface area contributed by atoms with E-state index < -0.39 is 97.5 Å². The molecule has 618 valence electrons. The van der Waals surface area contributed by atoms with Gasteiger partial charge in [0.1, 0.15) is 19.3 Å². The van der Waals surface area contributed by atoms with Crippen LogP contribution in [0, 0.1) is 11.8 Å². The first-order chi connectivity index (χ1) is 50.4. The maximum Gasteiger partial charge on any atom is 0.472 e. The highest BCUT2D eigenvalue weighted by Crippen LogP contribution is 2.45. The van der Waals surface area contributed by atoms with Gasteiger partial charge in [-0.05, 0) is 37.5 Å². The first-order valence-corrected chi connectivity index (χ1v) is 47.0. The molecular weight excluding hydrogens is 1350 g/mol. The molecule has 17 nitrogen and oxygen atoms in total. The van der Waals surface area contributed by atoms with E-state index in [9.17, 15) is 43.2 Å². The van der Waals surface area contributed by atoms with Gasteiger partial charge in [-0.2, -0.15) is 0 Å². The van der Waals surface area contributed by atoms with Crippen LogP contribution >= 0.6 is 15.6 Å². The highest BCUT2D eigenvalue weighted by molar-refractivity contribution is 7.47. The van der Waals surface area contributed by atoms with Crippen LogP contribution in [-0.4, -0.2) is 96.7 Å². The maximum atomic E-state index is 13.1. The zero-order valence-corrected chi connectivity index (χ0v) is 70.1. The summed E-state index contributed by atoms with van der Waals surface area (Å²) in [5.74, 6) is -0.530. The number of unbranched alkanes of at least 4 members (excludes halogenated alkanes) is 54. The van der Waals surface area contributed by atoms with Gasteiger partial charge in [-0.3, -0.25) is 37.3 Å². The number of ether oxygens (including phenoxy) is 4. The van der Waals surface area contributed by atoms with Crippen LogP contribution in [0.4, 0.5) is 0 Å². The van der Waals surface area contributed by atoms with Crippen LogP contribution < -0.4 is 0 Å². The largest absolute Gasteiger partial charge is 0.472 e. The van der Waals surface area contributed by atoms with E-state index in [2.05, 4.69) is 41.5 Å². The predicted molar refractivity (Wildman–Crippen MR) is 428 cm³/mol. The van der Waals surface area contributed by atoms with Gasteiger partial charge in [0.15, 0.2) is 12.2 Å². The van der Waals surface area contributed by atoms with Crippen molar-refractivity contribution in [2.24, 2.45) is 11.8 Å². The minimum Gasteiger partial charge on any atom is -0.462 e. The Labute approximate surface area is 638 Å². The molecule has 0 bridgehead atoms. The summed E-state index contributed by atoms with van der Waals surface area (Å²) in [6.45, 7) is 9.69. The lowest BCUT2D eigenvalue weighted by Crippen LogP contribution is -2.30. The molecule has 0 aliphatic rings. The minimum absolute atomic E-state index is 0.107. The summed E-state index contributed by atoms with van der Waals surface area (Å²) < 4.78 is 68.9. The van der Waals surface area contributed by atoms with E-state index >= 15 is 0 Å². The second-order valence-electron chi connectivity index (χ2n) is 31.5. The third kappa shape index (κ3) is 78.2. The van der Waals surface area contributed by atoms with Crippen LogP contribution in [0.15, 0.2) is 0 Å². The molecule has 0 aromatic rings. The van der Waals surface area contributed by atoms with Crippen molar-refractivity contribution in [3.05, 3.63) is 0 Å². The SMILES string of the molecule is CCCCCCCCCCCCCCCCCCCCC(=O)OC[C@H](COP(=O)(O)OC[C@@H](O)COP(=O)(O)OC[C@@H](COC(=O)CCCCCCCCCCCCCC)OC(=O)CCCCCCCCCCCCC(C)C)OC(=O)CCCCCCCCCCCCCCCCCCCCC(C)C. The third-order valence-corrected chi connectivity index (χ3v) is 21.9. The van der Waals surface area contributed by atoms with Crippen molar-refractivity contribution in [2.45, 2.75) is 471 Å². The summed E-state index contributed by atoms with van der Waals surface area (Å²) in [6.07, 6.45) is 68.0. The van der Waals surface area contributed by atoms with Crippen molar-refractivity contribution in [1.82, 2.24) is 0 Å². The Morgan fingerprint density at radius 1 is 0.260 bits per heavy atom. The fourth-order valence-electron chi connectivity index (χ4n) is 13.2. The Bertz CT molecular complexity index is 1990. The lowest BCUT2D eigenvalue weighted by molar-refractivity contribution is -0.161. The number of hydrogen-bond donors (Lipinski definition) is 3. The van der Waals surface area contributed by atoms with E-state index in [-0.39, 0.29) is 25.7 Å². The van der Waals surface area contributed by atoms with Crippen molar-refractivity contribution in [3.8, 4) is 0 Å². The highest BCUT2D eigenvalue weighted by atomic mass is 31.2. The molecule has 0 saturated heterocycles. The molecule has 0 fully saturated rings. The van der Waals surface area contributed by atoms with E-state index in [1.54, 1.807) is 0 Å². The van der Waals surface area contributed by atoms with Gasteiger partial charge in [-0.25, -0.2) is 9.13 Å². The number of aliphatic hydroxyl groups excluding tert-OH is 1. The molecule has 5 atom stereocenters. The molecule has 104 heavy (non-hydrogen) atoms. The van der Waals surface area contributed by atoms with Crippen molar-refractivity contribution in [3.63, 3.8) is 0 Å².